The number of benzene rings is 10. The highest BCUT2D eigenvalue weighted by Gasteiger charge is 2.23. The zero-order valence-corrected chi connectivity index (χ0v) is 33.1. The minimum absolute atomic E-state index is 0.864. The van der Waals surface area contributed by atoms with Crippen LogP contribution >= 0.6 is 0 Å². The van der Waals surface area contributed by atoms with Gasteiger partial charge >= 0.3 is 0 Å². The van der Waals surface area contributed by atoms with Gasteiger partial charge in [0.2, 0.25) is 0 Å². The Bertz CT molecular complexity index is 3570. The van der Waals surface area contributed by atoms with E-state index in [-0.39, 0.29) is 0 Å². The lowest BCUT2D eigenvalue weighted by molar-refractivity contribution is 0.669. The van der Waals surface area contributed by atoms with Crippen molar-refractivity contribution in [2.75, 3.05) is 4.90 Å². The Kier molecular flexibility index (Phi) is 8.17. The van der Waals surface area contributed by atoms with Crippen molar-refractivity contribution in [1.29, 1.82) is 0 Å². The van der Waals surface area contributed by atoms with E-state index < -0.39 is 0 Å². The molecule has 0 saturated carbocycles. The minimum Gasteiger partial charge on any atom is -0.455 e. The second-order valence-corrected chi connectivity index (χ2v) is 15.6. The summed E-state index contributed by atoms with van der Waals surface area (Å²) in [5, 5.41) is 6.87. The molecule has 0 saturated heterocycles. The van der Waals surface area contributed by atoms with Crippen LogP contribution in [-0.4, -0.2) is 0 Å². The third-order valence-corrected chi connectivity index (χ3v) is 12.1. The third-order valence-electron chi connectivity index (χ3n) is 12.1. The Hall–Kier alpha value is -8.14. The molecule has 0 fully saturated rings. The van der Waals surface area contributed by atoms with Gasteiger partial charge in [-0.2, -0.15) is 0 Å². The molecule has 0 radical (unpaired) electrons. The molecule has 61 heavy (non-hydrogen) atoms. The molecular formula is C58H37NO2. The van der Waals surface area contributed by atoms with Crippen LogP contribution in [0.2, 0.25) is 0 Å². The van der Waals surface area contributed by atoms with Gasteiger partial charge in [-0.1, -0.05) is 182 Å². The Labute approximate surface area is 353 Å². The maximum atomic E-state index is 6.72. The number of nitrogens with zero attached hydrogens (tertiary/aromatic N) is 1. The maximum Gasteiger partial charge on any atom is 0.143 e. The smallest absolute Gasteiger partial charge is 0.143 e. The van der Waals surface area contributed by atoms with Crippen LogP contribution in [0.3, 0.4) is 0 Å². The quantitative estimate of drug-likeness (QED) is 0.161. The first-order valence-corrected chi connectivity index (χ1v) is 20.7. The lowest BCUT2D eigenvalue weighted by Crippen LogP contribution is -2.11. The van der Waals surface area contributed by atoms with Gasteiger partial charge in [0.15, 0.2) is 0 Å². The van der Waals surface area contributed by atoms with Crippen LogP contribution in [0.4, 0.5) is 17.1 Å². The molecule has 0 unspecified atom stereocenters. The first-order chi connectivity index (χ1) is 30.2. The lowest BCUT2D eigenvalue weighted by atomic mass is 9.94. The summed E-state index contributed by atoms with van der Waals surface area (Å²) in [5.74, 6) is 0. The average Bonchev–Trinajstić information content (AvgIpc) is 3.91. The fourth-order valence-corrected chi connectivity index (χ4v) is 9.17. The van der Waals surface area contributed by atoms with Crippen molar-refractivity contribution in [3.05, 3.63) is 224 Å². The van der Waals surface area contributed by atoms with Crippen LogP contribution < -0.4 is 4.90 Å². The average molecular weight is 780 g/mol. The molecule has 0 spiro atoms. The van der Waals surface area contributed by atoms with Gasteiger partial charge in [0.1, 0.15) is 22.3 Å². The molecule has 0 atom stereocenters. The molecule has 12 rings (SSSR count). The molecule has 12 aromatic rings. The molecule has 10 aromatic carbocycles. The zero-order chi connectivity index (χ0) is 40.3. The number of furan rings is 2. The van der Waals surface area contributed by atoms with Crippen molar-refractivity contribution in [1.82, 2.24) is 0 Å². The van der Waals surface area contributed by atoms with E-state index in [0.717, 1.165) is 94.3 Å². The molecule has 2 aromatic heterocycles. The van der Waals surface area contributed by atoms with E-state index in [1.54, 1.807) is 0 Å². The van der Waals surface area contributed by atoms with Gasteiger partial charge in [0, 0.05) is 49.6 Å². The summed E-state index contributed by atoms with van der Waals surface area (Å²) in [6, 6.07) is 79.9. The highest BCUT2D eigenvalue weighted by Crippen LogP contribution is 2.47. The number of rotatable bonds is 7. The van der Waals surface area contributed by atoms with Gasteiger partial charge in [-0.05, 0) is 81.1 Å². The molecule has 0 amide bonds. The van der Waals surface area contributed by atoms with E-state index >= 15 is 0 Å². The number of hydrogen-bond acceptors (Lipinski definition) is 3. The van der Waals surface area contributed by atoms with E-state index in [0.29, 0.717) is 0 Å². The summed E-state index contributed by atoms with van der Waals surface area (Å²) in [5.41, 5.74) is 15.5. The fraction of sp³-hybridized carbons (Fsp3) is 0. The van der Waals surface area contributed by atoms with E-state index in [9.17, 15) is 0 Å². The molecule has 0 aliphatic heterocycles. The number of fused-ring (bicyclic) bond motifs is 7. The molecule has 2 heterocycles. The largest absolute Gasteiger partial charge is 0.455 e. The van der Waals surface area contributed by atoms with Crippen LogP contribution in [0.25, 0.3) is 99.2 Å². The summed E-state index contributed by atoms with van der Waals surface area (Å²) >= 11 is 0. The second kappa shape index (κ2) is 14.3. The maximum absolute atomic E-state index is 6.72. The topological polar surface area (TPSA) is 29.5 Å². The molecular weight excluding hydrogens is 743 g/mol. The number of para-hydroxylation sites is 4. The monoisotopic (exact) mass is 779 g/mol. The number of anilines is 3. The van der Waals surface area contributed by atoms with Gasteiger partial charge in [-0.25, -0.2) is 0 Å². The van der Waals surface area contributed by atoms with Crippen LogP contribution in [0.15, 0.2) is 233 Å². The Morgan fingerprint density at radius 2 is 0.754 bits per heavy atom. The lowest BCUT2D eigenvalue weighted by Gasteiger charge is -2.29. The van der Waals surface area contributed by atoms with Gasteiger partial charge in [-0.3, -0.25) is 0 Å². The van der Waals surface area contributed by atoms with Crippen molar-refractivity contribution in [2.45, 2.75) is 0 Å². The predicted molar refractivity (Wildman–Crippen MR) is 255 cm³/mol. The predicted octanol–water partition coefficient (Wildman–Crippen LogP) is 16.8. The molecule has 3 nitrogen and oxygen atoms in total. The van der Waals surface area contributed by atoms with Gasteiger partial charge in [0.25, 0.3) is 0 Å². The third kappa shape index (κ3) is 5.90. The van der Waals surface area contributed by atoms with Crippen LogP contribution in [0, 0.1) is 0 Å². The van der Waals surface area contributed by atoms with Crippen LogP contribution in [0.1, 0.15) is 0 Å². The van der Waals surface area contributed by atoms with E-state index in [4.69, 9.17) is 8.83 Å². The summed E-state index contributed by atoms with van der Waals surface area (Å²) in [7, 11) is 0. The standard InChI is InChI=1S/C58H37NO2/c1-2-13-38(14-3-1)39-27-32-43(33-28-39)59(44-34-29-41(30-35-44)46-20-10-16-40-15-4-5-17-45(40)46)54-37-42(47-21-11-23-52-49-18-6-8-25-55(49)60-57(47)52)31-36-48(54)51-22-12-24-53-50-19-7-9-26-56(50)61-58(51)53/h1-37H. The summed E-state index contributed by atoms with van der Waals surface area (Å²) in [4.78, 5) is 2.39. The second-order valence-electron chi connectivity index (χ2n) is 15.6. The van der Waals surface area contributed by atoms with Crippen molar-refractivity contribution >= 4 is 71.7 Å². The van der Waals surface area contributed by atoms with Crippen molar-refractivity contribution < 1.29 is 8.83 Å². The highest BCUT2D eigenvalue weighted by atomic mass is 16.3. The van der Waals surface area contributed by atoms with Crippen LogP contribution in [0.5, 0.6) is 0 Å². The molecule has 0 bridgehead atoms. The summed E-state index contributed by atoms with van der Waals surface area (Å²) < 4.78 is 13.3. The Balaban J connectivity index is 1.11. The van der Waals surface area contributed by atoms with Crippen molar-refractivity contribution in [2.24, 2.45) is 0 Å². The van der Waals surface area contributed by atoms with Crippen molar-refractivity contribution in [3.63, 3.8) is 0 Å². The Morgan fingerprint density at radius 1 is 0.279 bits per heavy atom. The zero-order valence-electron chi connectivity index (χ0n) is 33.1. The van der Waals surface area contributed by atoms with Crippen molar-refractivity contribution in [3.8, 4) is 44.5 Å². The first-order valence-electron chi connectivity index (χ1n) is 20.7. The Morgan fingerprint density at radius 3 is 1.44 bits per heavy atom. The SMILES string of the molecule is c1ccc(-c2ccc(N(c3ccc(-c4cccc5ccccc45)cc3)c3cc(-c4cccc5c4oc4ccccc45)ccc3-c3cccc4c3oc3ccccc34)cc2)cc1. The molecule has 0 aliphatic carbocycles. The normalized spacial score (nSPS) is 11.6. The van der Waals surface area contributed by atoms with Gasteiger partial charge < -0.3 is 13.7 Å². The number of hydrogen-bond donors (Lipinski definition) is 0. The molecule has 3 heteroatoms. The van der Waals surface area contributed by atoms with E-state index in [1.807, 2.05) is 18.2 Å². The summed E-state index contributed by atoms with van der Waals surface area (Å²) in [6.45, 7) is 0. The molecule has 0 N–H and O–H groups in total. The van der Waals surface area contributed by atoms with Gasteiger partial charge in [-0.15, -0.1) is 0 Å². The summed E-state index contributed by atoms with van der Waals surface area (Å²) in [6.07, 6.45) is 0. The van der Waals surface area contributed by atoms with E-state index in [2.05, 4.69) is 211 Å². The fourth-order valence-electron chi connectivity index (χ4n) is 9.17. The van der Waals surface area contributed by atoms with E-state index in [1.165, 1.54) is 21.9 Å². The van der Waals surface area contributed by atoms with Gasteiger partial charge in [0.05, 0.1) is 5.69 Å². The molecule has 286 valence electrons. The molecule has 0 aliphatic rings. The van der Waals surface area contributed by atoms with Crippen LogP contribution in [-0.2, 0) is 0 Å². The highest BCUT2D eigenvalue weighted by molar-refractivity contribution is 6.12. The first kappa shape index (κ1) is 34.9. The minimum atomic E-state index is 0.864.